The van der Waals surface area contributed by atoms with E-state index in [9.17, 15) is 9.59 Å². The number of carbonyl (C=O) groups is 2. The van der Waals surface area contributed by atoms with E-state index < -0.39 is 11.5 Å². The van der Waals surface area contributed by atoms with Gasteiger partial charge in [0.2, 0.25) is 11.8 Å². The Morgan fingerprint density at radius 3 is 2.80 bits per heavy atom. The van der Waals surface area contributed by atoms with Gasteiger partial charge in [0.15, 0.2) is 5.84 Å². The van der Waals surface area contributed by atoms with Gasteiger partial charge in [0.25, 0.3) is 0 Å². The second-order valence-electron chi connectivity index (χ2n) is 5.05. The first-order chi connectivity index (χ1) is 9.56. The van der Waals surface area contributed by atoms with Gasteiger partial charge >= 0.3 is 0 Å². The van der Waals surface area contributed by atoms with Crippen LogP contribution in [0.3, 0.4) is 0 Å². The first-order valence-corrected chi connectivity index (χ1v) is 6.71. The van der Waals surface area contributed by atoms with E-state index in [-0.39, 0.29) is 24.3 Å². The molecule has 112 valence electrons. The maximum Gasteiger partial charge on any atom is 0.245 e. The van der Waals surface area contributed by atoms with Crippen LogP contribution in [0.5, 0.6) is 0 Å². The Hall–Kier alpha value is -1.83. The predicted molar refractivity (Wildman–Crippen MR) is 70.1 cm³/mol. The number of likely N-dealkylation sites (N-methyl/N-ethyl adjacent to an activating group) is 1. The van der Waals surface area contributed by atoms with Crippen LogP contribution in [0.4, 0.5) is 0 Å². The lowest BCUT2D eigenvalue weighted by atomic mass is 10.0. The lowest BCUT2D eigenvalue weighted by Crippen LogP contribution is -2.58. The molecule has 1 saturated heterocycles. The van der Waals surface area contributed by atoms with E-state index in [2.05, 4.69) is 10.5 Å². The number of rotatable bonds is 4. The van der Waals surface area contributed by atoms with Crippen LogP contribution in [-0.2, 0) is 14.3 Å². The van der Waals surface area contributed by atoms with Gasteiger partial charge in [0.05, 0.1) is 13.2 Å². The highest BCUT2D eigenvalue weighted by Gasteiger charge is 2.57. The summed E-state index contributed by atoms with van der Waals surface area (Å²) in [5.41, 5.74) is 4.69. The van der Waals surface area contributed by atoms with Gasteiger partial charge in [0, 0.05) is 13.1 Å². The Morgan fingerprint density at radius 1 is 1.55 bits per heavy atom. The lowest BCUT2D eigenvalue weighted by Gasteiger charge is -2.36. The zero-order valence-electron chi connectivity index (χ0n) is 11.5. The van der Waals surface area contributed by atoms with Crippen LogP contribution in [0.1, 0.15) is 19.8 Å². The number of carbonyl (C=O) groups excluding carboxylic acids is 2. The summed E-state index contributed by atoms with van der Waals surface area (Å²) >= 11 is 0. The van der Waals surface area contributed by atoms with Gasteiger partial charge in [-0.15, -0.1) is 0 Å². The minimum Gasteiger partial charge on any atom is -0.409 e. The van der Waals surface area contributed by atoms with Gasteiger partial charge < -0.3 is 25.9 Å². The average Bonchev–Trinajstić information content (AvgIpc) is 3.27. The highest BCUT2D eigenvalue weighted by atomic mass is 16.5. The normalized spacial score (nSPS) is 25.1. The van der Waals surface area contributed by atoms with E-state index >= 15 is 0 Å². The molecule has 0 bridgehead atoms. The number of amidine groups is 1. The van der Waals surface area contributed by atoms with E-state index in [0.717, 1.165) is 0 Å². The fourth-order valence-corrected chi connectivity index (χ4v) is 2.43. The summed E-state index contributed by atoms with van der Waals surface area (Å²) in [4.78, 5) is 26.1. The smallest absolute Gasteiger partial charge is 0.245 e. The number of nitrogens with two attached hydrogens (primary N) is 1. The predicted octanol–water partition coefficient (Wildman–Crippen LogP) is -1.12. The molecule has 4 N–H and O–H groups in total. The topological polar surface area (TPSA) is 117 Å². The quantitative estimate of drug-likeness (QED) is 0.261. The fourth-order valence-electron chi connectivity index (χ4n) is 2.43. The Bertz CT molecular complexity index is 433. The van der Waals surface area contributed by atoms with Crippen molar-refractivity contribution in [1.82, 2.24) is 10.2 Å². The molecule has 2 rings (SSSR count). The van der Waals surface area contributed by atoms with Crippen LogP contribution in [0, 0.1) is 5.41 Å². The van der Waals surface area contributed by atoms with Crippen molar-refractivity contribution < 1.29 is 19.5 Å². The third kappa shape index (κ3) is 2.43. The Balaban J connectivity index is 2.16. The number of morpholine rings is 1. The third-order valence-electron chi connectivity index (χ3n) is 3.80. The Labute approximate surface area is 116 Å². The molecule has 2 amide bonds. The van der Waals surface area contributed by atoms with Crippen molar-refractivity contribution in [2.45, 2.75) is 25.8 Å². The molecule has 0 aromatic rings. The molecule has 1 atom stereocenters. The zero-order valence-corrected chi connectivity index (χ0v) is 11.5. The Kier molecular flexibility index (Phi) is 4.12. The molecule has 2 aliphatic rings. The second kappa shape index (κ2) is 5.66. The summed E-state index contributed by atoms with van der Waals surface area (Å²) < 4.78 is 5.28. The molecule has 1 saturated carbocycles. The molecule has 1 aliphatic heterocycles. The van der Waals surface area contributed by atoms with Crippen molar-refractivity contribution in [3.8, 4) is 0 Å². The van der Waals surface area contributed by atoms with Crippen LogP contribution < -0.4 is 11.1 Å². The number of hydrogen-bond donors (Lipinski definition) is 3. The van der Waals surface area contributed by atoms with Crippen molar-refractivity contribution in [3.05, 3.63) is 0 Å². The van der Waals surface area contributed by atoms with E-state index in [4.69, 9.17) is 15.7 Å². The van der Waals surface area contributed by atoms with Crippen molar-refractivity contribution >= 4 is 17.6 Å². The van der Waals surface area contributed by atoms with Gasteiger partial charge in [-0.2, -0.15) is 0 Å². The number of ether oxygens (including phenoxy) is 1. The number of oxime groups is 1. The van der Waals surface area contributed by atoms with Gasteiger partial charge in [-0.05, 0) is 19.8 Å². The molecular weight excluding hydrogens is 264 g/mol. The van der Waals surface area contributed by atoms with E-state index in [1.165, 1.54) is 4.90 Å². The van der Waals surface area contributed by atoms with Crippen molar-refractivity contribution in [2.24, 2.45) is 16.3 Å². The SMILES string of the molecule is CCNC(=O)C1COCCN1C(=O)C1(C(N)=NO)CC1. The summed E-state index contributed by atoms with van der Waals surface area (Å²) in [6.07, 6.45) is 1.09. The third-order valence-corrected chi connectivity index (χ3v) is 3.80. The van der Waals surface area contributed by atoms with Crippen LogP contribution in [0.15, 0.2) is 5.16 Å². The molecule has 1 heterocycles. The zero-order chi connectivity index (χ0) is 14.8. The second-order valence-corrected chi connectivity index (χ2v) is 5.05. The molecule has 8 nitrogen and oxygen atoms in total. The van der Waals surface area contributed by atoms with Crippen LogP contribution >= 0.6 is 0 Å². The molecule has 8 heteroatoms. The van der Waals surface area contributed by atoms with Crippen LogP contribution in [-0.4, -0.2) is 60.1 Å². The average molecular weight is 284 g/mol. The lowest BCUT2D eigenvalue weighted by molar-refractivity contribution is -0.150. The molecule has 2 fully saturated rings. The standard InChI is InChI=1S/C12H20N4O4/c1-2-14-9(17)8-7-20-6-5-16(8)11(18)12(3-4-12)10(13)15-19/h8,19H,2-7H2,1H3,(H2,13,15)(H,14,17). The minimum atomic E-state index is -0.934. The number of nitrogens with one attached hydrogen (secondary N) is 1. The summed E-state index contributed by atoms with van der Waals surface area (Å²) in [7, 11) is 0. The summed E-state index contributed by atoms with van der Waals surface area (Å²) in [5.74, 6) is -0.577. The summed E-state index contributed by atoms with van der Waals surface area (Å²) in [6.45, 7) is 3.19. The van der Waals surface area contributed by atoms with Crippen molar-refractivity contribution in [3.63, 3.8) is 0 Å². The fraction of sp³-hybridized carbons (Fsp3) is 0.750. The van der Waals surface area contributed by atoms with E-state index in [1.54, 1.807) is 0 Å². The highest BCUT2D eigenvalue weighted by molar-refractivity contribution is 6.10. The number of amides is 2. The molecule has 0 aromatic carbocycles. The molecule has 0 spiro atoms. The molecular formula is C12H20N4O4. The maximum absolute atomic E-state index is 12.6. The minimum absolute atomic E-state index is 0.0800. The van der Waals surface area contributed by atoms with Gasteiger partial charge in [-0.1, -0.05) is 5.16 Å². The number of nitrogens with zero attached hydrogens (tertiary/aromatic N) is 2. The maximum atomic E-state index is 12.6. The molecule has 0 aromatic heterocycles. The molecule has 1 aliphatic carbocycles. The van der Waals surface area contributed by atoms with Crippen molar-refractivity contribution in [2.75, 3.05) is 26.3 Å². The van der Waals surface area contributed by atoms with E-state index in [0.29, 0.717) is 32.5 Å². The number of hydrogen-bond acceptors (Lipinski definition) is 5. The van der Waals surface area contributed by atoms with Gasteiger partial charge in [0.1, 0.15) is 11.5 Å². The highest BCUT2D eigenvalue weighted by Crippen LogP contribution is 2.47. The Morgan fingerprint density at radius 2 is 2.25 bits per heavy atom. The van der Waals surface area contributed by atoms with E-state index in [1.807, 2.05) is 6.92 Å². The van der Waals surface area contributed by atoms with Gasteiger partial charge in [-0.25, -0.2) is 0 Å². The van der Waals surface area contributed by atoms with Crippen LogP contribution in [0.25, 0.3) is 0 Å². The van der Waals surface area contributed by atoms with Crippen LogP contribution in [0.2, 0.25) is 0 Å². The first kappa shape index (κ1) is 14.6. The molecule has 20 heavy (non-hydrogen) atoms. The summed E-state index contributed by atoms with van der Waals surface area (Å²) in [6, 6.07) is -0.653. The molecule has 1 unspecified atom stereocenters. The summed E-state index contributed by atoms with van der Waals surface area (Å²) in [5, 5.41) is 14.5. The largest absolute Gasteiger partial charge is 0.409 e. The van der Waals surface area contributed by atoms with Gasteiger partial charge in [-0.3, -0.25) is 9.59 Å². The monoisotopic (exact) mass is 284 g/mol. The first-order valence-electron chi connectivity index (χ1n) is 6.71. The van der Waals surface area contributed by atoms with Crippen molar-refractivity contribution in [1.29, 1.82) is 0 Å². The molecule has 0 radical (unpaired) electrons.